The third kappa shape index (κ3) is 6.19. The monoisotopic (exact) mass is 271 g/mol. The lowest BCUT2D eigenvalue weighted by Crippen LogP contribution is -2.39. The normalized spacial score (nSPS) is 23.8. The molecule has 0 radical (unpaired) electrons. The number of aliphatic hydroxyl groups is 1. The van der Waals surface area contributed by atoms with Crippen molar-refractivity contribution >= 4 is 0 Å². The highest BCUT2D eigenvalue weighted by Crippen LogP contribution is 2.07. The first-order valence-corrected chi connectivity index (χ1v) is 7.76. The maximum absolute atomic E-state index is 9.93. The highest BCUT2D eigenvalue weighted by molar-refractivity contribution is 4.71. The Morgan fingerprint density at radius 1 is 1.05 bits per heavy atom. The number of β-amino-alcohol motifs (C(OH)–C–C–N with tert-alkyl or cyclic N) is 1. The maximum Gasteiger partial charge on any atom is 0.0791 e. The Balaban J connectivity index is 1.42. The molecule has 2 saturated heterocycles. The molecule has 0 amide bonds. The zero-order chi connectivity index (χ0) is 13.3. The van der Waals surface area contributed by atoms with Crippen LogP contribution in [0, 0.1) is 0 Å². The van der Waals surface area contributed by atoms with Gasteiger partial charge in [0.05, 0.1) is 19.3 Å². The summed E-state index contributed by atoms with van der Waals surface area (Å²) in [5, 5.41) is 13.3. The Morgan fingerprint density at radius 2 is 1.79 bits per heavy atom. The second kappa shape index (κ2) is 8.87. The number of nitrogens with one attached hydrogen (secondary N) is 1. The summed E-state index contributed by atoms with van der Waals surface area (Å²) in [5.74, 6) is 0. The van der Waals surface area contributed by atoms with Crippen LogP contribution in [0.25, 0.3) is 0 Å². The van der Waals surface area contributed by atoms with E-state index < -0.39 is 0 Å². The lowest BCUT2D eigenvalue weighted by molar-refractivity contribution is 0.0373. The summed E-state index contributed by atoms with van der Waals surface area (Å²) in [6, 6.07) is 0. The van der Waals surface area contributed by atoms with E-state index in [1.54, 1.807) is 0 Å². The van der Waals surface area contributed by atoms with Gasteiger partial charge in [-0.3, -0.25) is 4.90 Å². The number of hydrogen-bond donors (Lipinski definition) is 2. The van der Waals surface area contributed by atoms with Crippen molar-refractivity contribution in [1.82, 2.24) is 15.1 Å². The molecule has 0 aromatic carbocycles. The molecule has 1 unspecified atom stereocenters. The van der Waals surface area contributed by atoms with Gasteiger partial charge in [-0.1, -0.05) is 0 Å². The van der Waals surface area contributed by atoms with Crippen molar-refractivity contribution in [2.24, 2.45) is 0 Å². The number of likely N-dealkylation sites (tertiary alicyclic amines) is 1. The summed E-state index contributed by atoms with van der Waals surface area (Å²) in [5.41, 5.74) is 0. The van der Waals surface area contributed by atoms with E-state index in [9.17, 15) is 5.11 Å². The fourth-order valence-corrected chi connectivity index (χ4v) is 2.85. The van der Waals surface area contributed by atoms with Crippen LogP contribution < -0.4 is 5.32 Å². The summed E-state index contributed by atoms with van der Waals surface area (Å²) in [4.78, 5) is 4.81. The molecule has 0 spiro atoms. The third-order valence-corrected chi connectivity index (χ3v) is 3.98. The minimum Gasteiger partial charge on any atom is -0.390 e. The van der Waals surface area contributed by atoms with Crippen LogP contribution in [0.2, 0.25) is 0 Å². The van der Waals surface area contributed by atoms with Crippen molar-refractivity contribution in [3.63, 3.8) is 0 Å². The molecule has 5 nitrogen and oxygen atoms in total. The van der Waals surface area contributed by atoms with Gasteiger partial charge < -0.3 is 20.1 Å². The standard InChI is InChI=1S/C14H29N3O2/c18-14(13-17-5-1-2-6-17)12-15-4-3-7-16-8-10-19-11-9-16/h14-15,18H,1-13H2. The average molecular weight is 271 g/mol. The SMILES string of the molecule is OC(CNCCCN1CCOCC1)CN1CCCC1. The molecule has 0 aromatic rings. The van der Waals surface area contributed by atoms with Crippen molar-refractivity contribution in [1.29, 1.82) is 0 Å². The predicted octanol–water partition coefficient (Wildman–Crippen LogP) is -0.245. The highest BCUT2D eigenvalue weighted by Gasteiger charge is 2.15. The smallest absolute Gasteiger partial charge is 0.0791 e. The zero-order valence-corrected chi connectivity index (χ0v) is 12.0. The number of nitrogens with zero attached hydrogens (tertiary/aromatic N) is 2. The summed E-state index contributed by atoms with van der Waals surface area (Å²) >= 11 is 0. The Morgan fingerprint density at radius 3 is 2.53 bits per heavy atom. The maximum atomic E-state index is 9.93. The van der Waals surface area contributed by atoms with E-state index in [2.05, 4.69) is 15.1 Å². The summed E-state index contributed by atoms with van der Waals surface area (Å²) in [6.45, 7) is 9.89. The highest BCUT2D eigenvalue weighted by atomic mass is 16.5. The fourth-order valence-electron chi connectivity index (χ4n) is 2.85. The molecule has 0 bridgehead atoms. The van der Waals surface area contributed by atoms with E-state index >= 15 is 0 Å². The number of morpholine rings is 1. The van der Waals surface area contributed by atoms with E-state index in [0.29, 0.717) is 0 Å². The number of ether oxygens (including phenoxy) is 1. The predicted molar refractivity (Wildman–Crippen MR) is 76.4 cm³/mol. The Bertz CT molecular complexity index is 229. The van der Waals surface area contributed by atoms with E-state index in [0.717, 1.165) is 72.0 Å². The number of hydrogen-bond acceptors (Lipinski definition) is 5. The molecule has 19 heavy (non-hydrogen) atoms. The summed E-state index contributed by atoms with van der Waals surface area (Å²) in [7, 11) is 0. The van der Waals surface area contributed by atoms with Gasteiger partial charge in [-0.05, 0) is 45.4 Å². The minimum absolute atomic E-state index is 0.221. The lowest BCUT2D eigenvalue weighted by Gasteiger charge is -2.26. The van der Waals surface area contributed by atoms with Crippen LogP contribution >= 0.6 is 0 Å². The van der Waals surface area contributed by atoms with Gasteiger partial charge in [0, 0.05) is 26.2 Å². The van der Waals surface area contributed by atoms with E-state index in [-0.39, 0.29) is 6.10 Å². The first-order valence-electron chi connectivity index (χ1n) is 7.76. The van der Waals surface area contributed by atoms with Gasteiger partial charge in [-0.15, -0.1) is 0 Å². The largest absolute Gasteiger partial charge is 0.390 e. The molecule has 0 saturated carbocycles. The van der Waals surface area contributed by atoms with Crippen molar-refractivity contribution in [2.45, 2.75) is 25.4 Å². The Kier molecular flexibility index (Phi) is 7.09. The lowest BCUT2D eigenvalue weighted by atomic mass is 10.3. The van der Waals surface area contributed by atoms with Gasteiger partial charge in [0.25, 0.3) is 0 Å². The van der Waals surface area contributed by atoms with Gasteiger partial charge in [0.1, 0.15) is 0 Å². The summed E-state index contributed by atoms with van der Waals surface area (Å²) in [6.07, 6.45) is 3.51. The van der Waals surface area contributed by atoms with Crippen LogP contribution in [0.15, 0.2) is 0 Å². The summed E-state index contributed by atoms with van der Waals surface area (Å²) < 4.78 is 5.33. The molecule has 2 aliphatic heterocycles. The fraction of sp³-hybridized carbons (Fsp3) is 1.00. The Hall–Kier alpha value is -0.200. The number of aliphatic hydroxyl groups excluding tert-OH is 1. The molecule has 5 heteroatoms. The third-order valence-electron chi connectivity index (χ3n) is 3.98. The minimum atomic E-state index is -0.221. The molecule has 2 rings (SSSR count). The van der Waals surface area contributed by atoms with Gasteiger partial charge >= 0.3 is 0 Å². The molecule has 2 fully saturated rings. The van der Waals surface area contributed by atoms with Crippen LogP contribution in [0.5, 0.6) is 0 Å². The topological polar surface area (TPSA) is 48.0 Å². The molecule has 2 N–H and O–H groups in total. The molecule has 0 aromatic heterocycles. The van der Waals surface area contributed by atoms with E-state index in [4.69, 9.17) is 4.74 Å². The van der Waals surface area contributed by atoms with Crippen LogP contribution in [-0.2, 0) is 4.74 Å². The van der Waals surface area contributed by atoms with Gasteiger partial charge in [-0.25, -0.2) is 0 Å². The second-order valence-electron chi connectivity index (χ2n) is 5.67. The van der Waals surface area contributed by atoms with Crippen molar-refractivity contribution in [3.8, 4) is 0 Å². The molecule has 1 atom stereocenters. The molecular formula is C14H29N3O2. The first kappa shape index (κ1) is 15.2. The molecule has 112 valence electrons. The average Bonchev–Trinajstić information content (AvgIpc) is 2.92. The molecule has 2 heterocycles. The van der Waals surface area contributed by atoms with Crippen molar-refractivity contribution in [3.05, 3.63) is 0 Å². The van der Waals surface area contributed by atoms with Gasteiger partial charge in [-0.2, -0.15) is 0 Å². The van der Waals surface area contributed by atoms with E-state index in [1.165, 1.54) is 12.8 Å². The van der Waals surface area contributed by atoms with Crippen molar-refractivity contribution in [2.75, 3.05) is 65.6 Å². The van der Waals surface area contributed by atoms with Gasteiger partial charge in [0.2, 0.25) is 0 Å². The van der Waals surface area contributed by atoms with Crippen LogP contribution in [-0.4, -0.2) is 86.6 Å². The first-order chi connectivity index (χ1) is 9.34. The molecule has 2 aliphatic rings. The zero-order valence-electron chi connectivity index (χ0n) is 12.0. The van der Waals surface area contributed by atoms with Crippen LogP contribution in [0.3, 0.4) is 0 Å². The van der Waals surface area contributed by atoms with Crippen LogP contribution in [0.4, 0.5) is 0 Å². The quantitative estimate of drug-likeness (QED) is 0.597. The van der Waals surface area contributed by atoms with E-state index in [1.807, 2.05) is 0 Å². The Labute approximate surface area is 116 Å². The van der Waals surface area contributed by atoms with Gasteiger partial charge in [0.15, 0.2) is 0 Å². The van der Waals surface area contributed by atoms with Crippen LogP contribution in [0.1, 0.15) is 19.3 Å². The number of rotatable bonds is 8. The molecular weight excluding hydrogens is 242 g/mol. The molecule has 0 aliphatic carbocycles. The second-order valence-corrected chi connectivity index (χ2v) is 5.67. The van der Waals surface area contributed by atoms with Crippen molar-refractivity contribution < 1.29 is 9.84 Å².